The number of hydrogen-bond acceptors (Lipinski definition) is 3. The SMILES string of the molecule is CCN(CC)c1nc(C)c(Cl)c(=O)[nH]1. The maximum Gasteiger partial charge on any atom is 0.271 e. The summed E-state index contributed by atoms with van der Waals surface area (Å²) in [6.45, 7) is 7.35. The number of nitrogens with zero attached hydrogens (tertiary/aromatic N) is 2. The van der Waals surface area contributed by atoms with Crippen molar-refractivity contribution in [2.24, 2.45) is 0 Å². The van der Waals surface area contributed by atoms with Gasteiger partial charge in [-0.1, -0.05) is 11.6 Å². The monoisotopic (exact) mass is 215 g/mol. The van der Waals surface area contributed by atoms with E-state index in [1.54, 1.807) is 6.92 Å². The Morgan fingerprint density at radius 3 is 2.43 bits per heavy atom. The molecule has 0 unspecified atom stereocenters. The lowest BCUT2D eigenvalue weighted by Gasteiger charge is -2.19. The molecule has 0 amide bonds. The molecule has 1 rings (SSSR count). The van der Waals surface area contributed by atoms with Crippen LogP contribution in [0.1, 0.15) is 19.5 Å². The fraction of sp³-hybridized carbons (Fsp3) is 0.556. The first-order valence-electron chi connectivity index (χ1n) is 4.61. The van der Waals surface area contributed by atoms with Gasteiger partial charge in [0.25, 0.3) is 5.56 Å². The Balaban J connectivity index is 3.18. The average molecular weight is 216 g/mol. The Hall–Kier alpha value is -1.03. The third-order valence-corrected chi connectivity index (χ3v) is 2.52. The second kappa shape index (κ2) is 4.46. The van der Waals surface area contributed by atoms with Gasteiger partial charge in [-0.05, 0) is 20.8 Å². The van der Waals surface area contributed by atoms with Crippen LogP contribution in [0.2, 0.25) is 5.02 Å². The van der Waals surface area contributed by atoms with Crippen molar-refractivity contribution in [3.05, 3.63) is 21.1 Å². The molecule has 1 heterocycles. The number of aromatic nitrogens is 2. The maximum atomic E-state index is 11.3. The molecule has 0 aliphatic heterocycles. The lowest BCUT2D eigenvalue weighted by Crippen LogP contribution is -2.27. The summed E-state index contributed by atoms with van der Waals surface area (Å²) in [5.74, 6) is 0.585. The molecule has 5 heteroatoms. The van der Waals surface area contributed by atoms with Gasteiger partial charge in [-0.3, -0.25) is 9.78 Å². The normalized spacial score (nSPS) is 10.3. The maximum absolute atomic E-state index is 11.3. The molecular formula is C9H14ClN3O. The van der Waals surface area contributed by atoms with E-state index in [1.165, 1.54) is 0 Å². The van der Waals surface area contributed by atoms with Crippen LogP contribution in [0.25, 0.3) is 0 Å². The van der Waals surface area contributed by atoms with E-state index in [0.29, 0.717) is 11.6 Å². The number of rotatable bonds is 3. The molecule has 1 aromatic heterocycles. The summed E-state index contributed by atoms with van der Waals surface area (Å²) in [6.07, 6.45) is 0. The molecule has 14 heavy (non-hydrogen) atoms. The van der Waals surface area contributed by atoms with Gasteiger partial charge in [0.05, 0.1) is 5.69 Å². The average Bonchev–Trinajstić information content (AvgIpc) is 2.16. The number of aromatic amines is 1. The summed E-state index contributed by atoms with van der Waals surface area (Å²) >= 11 is 5.72. The molecular weight excluding hydrogens is 202 g/mol. The van der Waals surface area contributed by atoms with Crippen molar-refractivity contribution >= 4 is 17.5 Å². The van der Waals surface area contributed by atoms with E-state index >= 15 is 0 Å². The molecule has 1 N–H and O–H groups in total. The largest absolute Gasteiger partial charge is 0.343 e. The van der Waals surface area contributed by atoms with E-state index < -0.39 is 0 Å². The molecule has 0 saturated heterocycles. The lowest BCUT2D eigenvalue weighted by molar-refractivity contribution is 0.811. The van der Waals surface area contributed by atoms with Gasteiger partial charge in [0, 0.05) is 13.1 Å². The minimum absolute atomic E-state index is 0.168. The fourth-order valence-electron chi connectivity index (χ4n) is 1.23. The topological polar surface area (TPSA) is 49.0 Å². The molecule has 0 saturated carbocycles. The summed E-state index contributed by atoms with van der Waals surface area (Å²) in [5, 5.41) is 0.168. The van der Waals surface area contributed by atoms with Gasteiger partial charge in [0.1, 0.15) is 5.02 Å². The highest BCUT2D eigenvalue weighted by Crippen LogP contribution is 2.10. The van der Waals surface area contributed by atoms with Gasteiger partial charge in [-0.15, -0.1) is 0 Å². The standard InChI is InChI=1S/C9H14ClN3O/c1-4-13(5-2)9-11-6(3)7(10)8(14)12-9/h4-5H2,1-3H3,(H,11,12,14). The Kier molecular flexibility index (Phi) is 3.52. The highest BCUT2D eigenvalue weighted by atomic mass is 35.5. The molecule has 0 atom stereocenters. The number of aryl methyl sites for hydroxylation is 1. The first kappa shape index (κ1) is 11.0. The molecule has 1 aromatic rings. The van der Waals surface area contributed by atoms with Crippen LogP contribution in [0.3, 0.4) is 0 Å². The van der Waals surface area contributed by atoms with Gasteiger partial charge >= 0.3 is 0 Å². The quantitative estimate of drug-likeness (QED) is 0.833. The molecule has 0 aromatic carbocycles. The van der Waals surface area contributed by atoms with E-state index in [4.69, 9.17) is 11.6 Å². The van der Waals surface area contributed by atoms with Crippen molar-refractivity contribution in [1.82, 2.24) is 9.97 Å². The Morgan fingerprint density at radius 2 is 2.00 bits per heavy atom. The van der Waals surface area contributed by atoms with Crippen LogP contribution in [-0.4, -0.2) is 23.1 Å². The fourth-order valence-corrected chi connectivity index (χ4v) is 1.32. The molecule has 0 spiro atoms. The van der Waals surface area contributed by atoms with Gasteiger partial charge in [0.15, 0.2) is 0 Å². The van der Waals surface area contributed by atoms with Gasteiger partial charge < -0.3 is 4.90 Å². The van der Waals surface area contributed by atoms with E-state index in [2.05, 4.69) is 9.97 Å². The van der Waals surface area contributed by atoms with Crippen molar-refractivity contribution in [3.63, 3.8) is 0 Å². The summed E-state index contributed by atoms with van der Waals surface area (Å²) < 4.78 is 0. The van der Waals surface area contributed by atoms with Crippen LogP contribution in [-0.2, 0) is 0 Å². The lowest BCUT2D eigenvalue weighted by atomic mass is 10.4. The summed E-state index contributed by atoms with van der Waals surface area (Å²) in [6, 6.07) is 0. The minimum Gasteiger partial charge on any atom is -0.343 e. The van der Waals surface area contributed by atoms with E-state index in [9.17, 15) is 4.79 Å². The third kappa shape index (κ3) is 2.07. The zero-order chi connectivity index (χ0) is 10.7. The highest BCUT2D eigenvalue weighted by molar-refractivity contribution is 6.30. The minimum atomic E-state index is -0.277. The molecule has 0 aliphatic rings. The van der Waals surface area contributed by atoms with E-state index in [0.717, 1.165) is 13.1 Å². The van der Waals surface area contributed by atoms with Crippen LogP contribution in [0.4, 0.5) is 5.95 Å². The molecule has 0 bridgehead atoms. The molecule has 0 fully saturated rings. The number of nitrogens with one attached hydrogen (secondary N) is 1. The summed E-state index contributed by atoms with van der Waals surface area (Å²) in [7, 11) is 0. The Labute approximate surface area is 87.9 Å². The number of H-pyrrole nitrogens is 1. The van der Waals surface area contributed by atoms with E-state index in [1.807, 2.05) is 18.7 Å². The summed E-state index contributed by atoms with van der Waals surface area (Å²) in [4.78, 5) is 20.2. The second-order valence-electron chi connectivity index (χ2n) is 2.96. The molecule has 4 nitrogen and oxygen atoms in total. The zero-order valence-corrected chi connectivity index (χ0v) is 9.35. The van der Waals surface area contributed by atoms with Crippen LogP contribution in [0.5, 0.6) is 0 Å². The second-order valence-corrected chi connectivity index (χ2v) is 3.34. The summed E-state index contributed by atoms with van der Waals surface area (Å²) in [5.41, 5.74) is 0.290. The zero-order valence-electron chi connectivity index (χ0n) is 8.59. The van der Waals surface area contributed by atoms with Crippen LogP contribution in [0, 0.1) is 6.92 Å². The highest BCUT2D eigenvalue weighted by Gasteiger charge is 2.08. The van der Waals surface area contributed by atoms with Crippen molar-refractivity contribution in [2.45, 2.75) is 20.8 Å². The Morgan fingerprint density at radius 1 is 1.43 bits per heavy atom. The van der Waals surface area contributed by atoms with E-state index in [-0.39, 0.29) is 10.6 Å². The van der Waals surface area contributed by atoms with Crippen LogP contribution in [0.15, 0.2) is 4.79 Å². The van der Waals surface area contributed by atoms with Crippen LogP contribution < -0.4 is 10.5 Å². The van der Waals surface area contributed by atoms with Crippen molar-refractivity contribution in [2.75, 3.05) is 18.0 Å². The first-order valence-corrected chi connectivity index (χ1v) is 4.99. The van der Waals surface area contributed by atoms with Gasteiger partial charge in [0.2, 0.25) is 5.95 Å². The Bertz CT molecular complexity index is 371. The van der Waals surface area contributed by atoms with Gasteiger partial charge in [-0.25, -0.2) is 4.98 Å². The third-order valence-electron chi connectivity index (χ3n) is 2.08. The number of halogens is 1. The number of hydrogen-bond donors (Lipinski definition) is 1. The molecule has 0 radical (unpaired) electrons. The van der Waals surface area contributed by atoms with Crippen molar-refractivity contribution in [1.29, 1.82) is 0 Å². The van der Waals surface area contributed by atoms with Crippen LogP contribution >= 0.6 is 11.6 Å². The van der Waals surface area contributed by atoms with Crippen molar-refractivity contribution < 1.29 is 0 Å². The molecule has 0 aliphatic carbocycles. The van der Waals surface area contributed by atoms with Crippen molar-refractivity contribution in [3.8, 4) is 0 Å². The first-order chi connectivity index (χ1) is 6.60. The smallest absolute Gasteiger partial charge is 0.271 e. The number of anilines is 1. The predicted octanol–water partition coefficient (Wildman–Crippen LogP) is 1.58. The van der Waals surface area contributed by atoms with Gasteiger partial charge in [-0.2, -0.15) is 0 Å². The predicted molar refractivity (Wildman–Crippen MR) is 58.2 cm³/mol. The molecule has 78 valence electrons.